The molecule has 2 aromatic carbocycles. The van der Waals surface area contributed by atoms with Crippen molar-refractivity contribution in [2.45, 2.75) is 18.0 Å². The second kappa shape index (κ2) is 6.54. The van der Waals surface area contributed by atoms with E-state index in [9.17, 15) is 8.78 Å². The molecule has 0 heterocycles. The van der Waals surface area contributed by atoms with Crippen molar-refractivity contribution in [1.82, 2.24) is 0 Å². The van der Waals surface area contributed by atoms with Crippen LogP contribution in [0.5, 0.6) is 0 Å². The van der Waals surface area contributed by atoms with Crippen LogP contribution in [0.2, 0.25) is 6.04 Å². The summed E-state index contributed by atoms with van der Waals surface area (Å²) in [5.41, 5.74) is 0. The van der Waals surface area contributed by atoms with Crippen molar-refractivity contribution >= 4 is 30.0 Å². The summed E-state index contributed by atoms with van der Waals surface area (Å²) in [6.45, 7) is 5.79. The van der Waals surface area contributed by atoms with Crippen LogP contribution < -0.4 is 10.4 Å². The summed E-state index contributed by atoms with van der Waals surface area (Å²) < 4.78 is 26.5. The van der Waals surface area contributed by atoms with E-state index in [1.54, 1.807) is 24.3 Å². The van der Waals surface area contributed by atoms with Gasteiger partial charge in [-0.1, -0.05) is 47.6 Å². The molecule has 110 valence electrons. The average Bonchev–Trinajstić information content (AvgIpc) is 2.46. The lowest BCUT2D eigenvalue weighted by Crippen LogP contribution is -2.63. The first-order valence-electron chi connectivity index (χ1n) is 6.77. The summed E-state index contributed by atoms with van der Waals surface area (Å²) in [6, 6.07) is 13.6. The zero-order valence-corrected chi connectivity index (χ0v) is 13.6. The van der Waals surface area contributed by atoms with Crippen LogP contribution in [0.3, 0.4) is 0 Å². The van der Waals surface area contributed by atoms with Crippen LogP contribution in [0.15, 0.2) is 61.2 Å². The predicted octanol–water partition coefficient (Wildman–Crippen LogP) is 3.88. The third kappa shape index (κ3) is 3.09. The van der Waals surface area contributed by atoms with Crippen LogP contribution in [-0.4, -0.2) is 13.1 Å². The van der Waals surface area contributed by atoms with Gasteiger partial charge in [-0.25, -0.2) is 8.78 Å². The maximum atomic E-state index is 13.2. The fourth-order valence-corrected chi connectivity index (χ4v) is 7.80. The first-order chi connectivity index (χ1) is 10.0. The van der Waals surface area contributed by atoms with Crippen LogP contribution in [0.25, 0.3) is 0 Å². The van der Waals surface area contributed by atoms with E-state index in [0.29, 0.717) is 0 Å². The van der Waals surface area contributed by atoms with E-state index in [1.165, 1.54) is 24.3 Å². The van der Waals surface area contributed by atoms with Crippen LogP contribution in [-0.2, 0) is 0 Å². The molecular weight excluding hydrogens is 306 g/mol. The Morgan fingerprint density at radius 1 is 1.00 bits per heavy atom. The van der Waals surface area contributed by atoms with E-state index in [2.05, 4.69) is 6.58 Å². The van der Waals surface area contributed by atoms with Gasteiger partial charge in [-0.2, -0.15) is 0 Å². The number of rotatable bonds is 5. The van der Waals surface area contributed by atoms with Gasteiger partial charge in [-0.05, 0) is 30.3 Å². The Balaban J connectivity index is 2.65. The predicted molar refractivity (Wildman–Crippen MR) is 88.1 cm³/mol. The molecular formula is C17H17ClF2Si. The minimum absolute atomic E-state index is 0.133. The molecule has 1 unspecified atom stereocenters. The molecule has 0 radical (unpaired) electrons. The number of halogens is 3. The SMILES string of the molecule is C=CC[Si](c1ccc(F)cc1)(c1ccc(F)cc1)C(C)Cl. The van der Waals surface area contributed by atoms with Crippen LogP contribution in [0.1, 0.15) is 6.92 Å². The summed E-state index contributed by atoms with van der Waals surface area (Å²) in [5.74, 6) is -0.553. The van der Waals surface area contributed by atoms with Gasteiger partial charge in [0.1, 0.15) is 19.7 Å². The lowest BCUT2D eigenvalue weighted by atomic mass is 10.3. The molecule has 21 heavy (non-hydrogen) atoms. The maximum Gasteiger partial charge on any atom is 0.139 e. The van der Waals surface area contributed by atoms with Gasteiger partial charge in [0.25, 0.3) is 0 Å². The van der Waals surface area contributed by atoms with Crippen molar-refractivity contribution in [3.63, 3.8) is 0 Å². The van der Waals surface area contributed by atoms with E-state index in [0.717, 1.165) is 16.4 Å². The Morgan fingerprint density at radius 2 is 1.38 bits per heavy atom. The van der Waals surface area contributed by atoms with Crippen LogP contribution >= 0.6 is 11.6 Å². The molecule has 0 nitrogen and oxygen atoms in total. The van der Waals surface area contributed by atoms with E-state index in [1.807, 2.05) is 13.0 Å². The molecule has 2 rings (SSSR count). The highest BCUT2D eigenvalue weighted by Gasteiger charge is 2.40. The van der Waals surface area contributed by atoms with Gasteiger partial charge < -0.3 is 0 Å². The lowest BCUT2D eigenvalue weighted by Gasteiger charge is -2.34. The van der Waals surface area contributed by atoms with Gasteiger partial charge >= 0.3 is 0 Å². The van der Waals surface area contributed by atoms with Crippen LogP contribution in [0.4, 0.5) is 8.78 Å². The van der Waals surface area contributed by atoms with Gasteiger partial charge in [0.05, 0.1) is 0 Å². The highest BCUT2D eigenvalue weighted by Crippen LogP contribution is 2.21. The Hall–Kier alpha value is -1.45. The molecule has 0 saturated carbocycles. The highest BCUT2D eigenvalue weighted by molar-refractivity contribution is 7.06. The maximum absolute atomic E-state index is 13.2. The molecule has 2 aromatic rings. The first-order valence-corrected chi connectivity index (χ1v) is 9.50. The number of hydrogen-bond donors (Lipinski definition) is 0. The molecule has 4 heteroatoms. The molecule has 1 atom stereocenters. The lowest BCUT2D eigenvalue weighted by molar-refractivity contribution is 0.628. The van der Waals surface area contributed by atoms with E-state index < -0.39 is 8.07 Å². The molecule has 0 aliphatic carbocycles. The third-order valence-electron chi connectivity index (χ3n) is 3.86. The monoisotopic (exact) mass is 322 g/mol. The summed E-state index contributed by atoms with van der Waals surface area (Å²) in [6.07, 6.45) is 1.85. The largest absolute Gasteiger partial charge is 0.207 e. The quantitative estimate of drug-likeness (QED) is 0.445. The number of hydrogen-bond acceptors (Lipinski definition) is 0. The summed E-state index contributed by atoms with van der Waals surface area (Å²) >= 11 is 6.55. The molecule has 0 amide bonds. The van der Waals surface area contributed by atoms with Gasteiger partial charge in [0.2, 0.25) is 0 Å². The smallest absolute Gasteiger partial charge is 0.139 e. The standard InChI is InChI=1S/C17H17ClF2Si/c1-3-12-21(13(2)18,16-8-4-14(19)5-9-16)17-10-6-15(20)7-11-17/h3-11,13H,1,12H2,2H3. The molecule has 0 bridgehead atoms. The van der Waals surface area contributed by atoms with Crippen molar-refractivity contribution in [2.24, 2.45) is 0 Å². The topological polar surface area (TPSA) is 0 Å². The van der Waals surface area contributed by atoms with Crippen molar-refractivity contribution in [3.8, 4) is 0 Å². The number of alkyl halides is 1. The molecule has 0 saturated heterocycles. The van der Waals surface area contributed by atoms with Gasteiger partial charge in [-0.15, -0.1) is 18.2 Å². The zero-order chi connectivity index (χ0) is 15.5. The minimum atomic E-state index is -2.36. The van der Waals surface area contributed by atoms with Crippen LogP contribution in [0, 0.1) is 11.6 Å². The number of allylic oxidation sites excluding steroid dienone is 1. The van der Waals surface area contributed by atoms with Crippen molar-refractivity contribution in [2.75, 3.05) is 0 Å². The molecule has 0 aliphatic heterocycles. The average molecular weight is 323 g/mol. The molecule has 0 aliphatic rings. The van der Waals surface area contributed by atoms with Gasteiger partial charge in [0, 0.05) is 5.00 Å². The summed E-state index contributed by atoms with van der Waals surface area (Å²) in [5, 5.41) is 1.92. The summed E-state index contributed by atoms with van der Waals surface area (Å²) in [4.78, 5) is 0. The number of benzene rings is 2. The Bertz CT molecular complexity index is 560. The third-order valence-corrected chi connectivity index (χ3v) is 10.00. The fourth-order valence-electron chi connectivity index (χ4n) is 2.75. The molecule has 0 aromatic heterocycles. The molecule has 0 N–H and O–H groups in total. The Labute approximate surface area is 130 Å². The first kappa shape index (κ1) is 15.9. The van der Waals surface area contributed by atoms with E-state index >= 15 is 0 Å². The Morgan fingerprint density at radius 3 is 1.67 bits per heavy atom. The van der Waals surface area contributed by atoms with Gasteiger partial charge in [0.15, 0.2) is 0 Å². The van der Waals surface area contributed by atoms with Gasteiger partial charge in [-0.3, -0.25) is 0 Å². The second-order valence-electron chi connectivity index (χ2n) is 5.09. The fraction of sp³-hybridized carbons (Fsp3) is 0.176. The normalized spacial score (nSPS) is 13.0. The molecule has 0 fully saturated rings. The van der Waals surface area contributed by atoms with E-state index in [4.69, 9.17) is 11.6 Å². The van der Waals surface area contributed by atoms with Crippen molar-refractivity contribution < 1.29 is 8.78 Å². The highest BCUT2D eigenvalue weighted by atomic mass is 35.5. The van der Waals surface area contributed by atoms with E-state index in [-0.39, 0.29) is 16.6 Å². The zero-order valence-electron chi connectivity index (χ0n) is 11.8. The molecule has 0 spiro atoms. The summed E-state index contributed by atoms with van der Waals surface area (Å²) in [7, 11) is -2.36. The Kier molecular flexibility index (Phi) is 4.96. The second-order valence-corrected chi connectivity index (χ2v) is 10.5. The van der Waals surface area contributed by atoms with Crippen molar-refractivity contribution in [3.05, 3.63) is 72.8 Å². The minimum Gasteiger partial charge on any atom is -0.207 e. The van der Waals surface area contributed by atoms with Crippen molar-refractivity contribution in [1.29, 1.82) is 0 Å².